The van der Waals surface area contributed by atoms with Crippen LogP contribution < -0.4 is 10.6 Å². The van der Waals surface area contributed by atoms with Gasteiger partial charge in [-0.15, -0.1) is 24.0 Å². The van der Waals surface area contributed by atoms with Crippen LogP contribution in [-0.4, -0.2) is 97.7 Å². The molecule has 0 radical (unpaired) electrons. The molecule has 2 N–H and O–H groups in total. The molecular formula is C24H49IN6. The van der Waals surface area contributed by atoms with E-state index < -0.39 is 0 Å². The van der Waals surface area contributed by atoms with Crippen molar-refractivity contribution in [1.82, 2.24) is 25.3 Å². The summed E-state index contributed by atoms with van der Waals surface area (Å²) in [5, 5.41) is 7.18. The lowest BCUT2D eigenvalue weighted by Gasteiger charge is -2.47. The molecule has 182 valence electrons. The lowest BCUT2D eigenvalue weighted by molar-refractivity contribution is 0.0407. The first-order chi connectivity index (χ1) is 14.7. The molecule has 3 fully saturated rings. The third-order valence-corrected chi connectivity index (χ3v) is 7.73. The van der Waals surface area contributed by atoms with Gasteiger partial charge >= 0.3 is 0 Å². The zero-order valence-electron chi connectivity index (χ0n) is 20.5. The van der Waals surface area contributed by atoms with E-state index in [1.54, 1.807) is 0 Å². The van der Waals surface area contributed by atoms with E-state index in [0.717, 1.165) is 25.6 Å². The standard InChI is InChI=1S/C24H48N6.HI/c1-4-25-23(26-20-22(3)29-18-16-28(5-2)17-19-29)27-21-24(12-8-6-9-13-24)30-14-10-7-11-15-30;/h22H,4-21H2,1-3H3,(H2,25,26,27);1H. The lowest BCUT2D eigenvalue weighted by Crippen LogP contribution is -2.55. The van der Waals surface area contributed by atoms with Crippen LogP contribution in [0.4, 0.5) is 0 Å². The van der Waals surface area contributed by atoms with E-state index in [2.05, 4.69) is 46.1 Å². The number of guanidine groups is 1. The minimum absolute atomic E-state index is 0. The van der Waals surface area contributed by atoms with Crippen LogP contribution in [0.3, 0.4) is 0 Å². The van der Waals surface area contributed by atoms with E-state index in [-0.39, 0.29) is 24.0 Å². The van der Waals surface area contributed by atoms with Gasteiger partial charge in [0.25, 0.3) is 0 Å². The van der Waals surface area contributed by atoms with Crippen molar-refractivity contribution < 1.29 is 0 Å². The normalized spacial score (nSPS) is 24.9. The average molecular weight is 549 g/mol. The Bertz CT molecular complexity index is 508. The third kappa shape index (κ3) is 8.00. The minimum Gasteiger partial charge on any atom is -0.357 e. The van der Waals surface area contributed by atoms with Gasteiger partial charge in [0.2, 0.25) is 0 Å². The molecule has 1 aliphatic carbocycles. The molecule has 0 amide bonds. The highest BCUT2D eigenvalue weighted by Gasteiger charge is 2.38. The number of piperidine rings is 1. The maximum absolute atomic E-state index is 5.15. The highest BCUT2D eigenvalue weighted by atomic mass is 127. The Hall–Kier alpha value is -0.120. The first-order valence-corrected chi connectivity index (χ1v) is 12.9. The third-order valence-electron chi connectivity index (χ3n) is 7.73. The summed E-state index contributed by atoms with van der Waals surface area (Å²) in [5.74, 6) is 1.01. The van der Waals surface area contributed by atoms with Crippen molar-refractivity contribution in [2.24, 2.45) is 4.99 Å². The van der Waals surface area contributed by atoms with Crippen molar-refractivity contribution in [3.05, 3.63) is 0 Å². The van der Waals surface area contributed by atoms with Crippen molar-refractivity contribution in [2.45, 2.75) is 83.7 Å². The van der Waals surface area contributed by atoms with Crippen molar-refractivity contribution in [3.63, 3.8) is 0 Å². The second kappa shape index (κ2) is 14.2. The van der Waals surface area contributed by atoms with Crippen LogP contribution in [0.15, 0.2) is 4.99 Å². The first kappa shape index (κ1) is 27.1. The van der Waals surface area contributed by atoms with Crippen LogP contribution in [0, 0.1) is 0 Å². The van der Waals surface area contributed by atoms with E-state index >= 15 is 0 Å². The summed E-state index contributed by atoms with van der Waals surface area (Å²) >= 11 is 0. The summed E-state index contributed by atoms with van der Waals surface area (Å²) in [6.07, 6.45) is 10.9. The molecule has 0 aromatic rings. The number of aliphatic imine (C=N–C) groups is 1. The van der Waals surface area contributed by atoms with Crippen LogP contribution in [0.2, 0.25) is 0 Å². The second-order valence-electron chi connectivity index (χ2n) is 9.73. The summed E-state index contributed by atoms with van der Waals surface area (Å²) in [5.41, 5.74) is 0.309. The number of nitrogens with zero attached hydrogens (tertiary/aromatic N) is 4. The number of likely N-dealkylation sites (tertiary alicyclic amines) is 1. The Morgan fingerprint density at radius 2 is 1.52 bits per heavy atom. The molecule has 0 spiro atoms. The maximum atomic E-state index is 5.15. The summed E-state index contributed by atoms with van der Waals surface area (Å²) in [7, 11) is 0. The van der Waals surface area contributed by atoms with Crippen LogP contribution >= 0.6 is 24.0 Å². The fraction of sp³-hybridized carbons (Fsp3) is 0.958. The summed E-state index contributed by atoms with van der Waals surface area (Å²) < 4.78 is 0. The molecule has 6 nitrogen and oxygen atoms in total. The fourth-order valence-corrected chi connectivity index (χ4v) is 5.61. The van der Waals surface area contributed by atoms with Gasteiger partial charge < -0.3 is 15.5 Å². The monoisotopic (exact) mass is 548 g/mol. The number of hydrogen-bond donors (Lipinski definition) is 2. The molecule has 0 aromatic heterocycles. The Morgan fingerprint density at radius 3 is 2.13 bits per heavy atom. The van der Waals surface area contributed by atoms with Crippen LogP contribution in [-0.2, 0) is 0 Å². The molecule has 1 atom stereocenters. The average Bonchev–Trinajstić information content (AvgIpc) is 2.82. The van der Waals surface area contributed by atoms with Gasteiger partial charge in [0.15, 0.2) is 5.96 Å². The van der Waals surface area contributed by atoms with Gasteiger partial charge in [-0.2, -0.15) is 0 Å². The van der Waals surface area contributed by atoms with Crippen LogP contribution in [0.1, 0.15) is 72.1 Å². The Labute approximate surface area is 209 Å². The molecule has 1 saturated carbocycles. The molecule has 0 bridgehead atoms. The number of piperazine rings is 1. The summed E-state index contributed by atoms with van der Waals surface area (Å²) in [6, 6.07) is 0.540. The van der Waals surface area contributed by atoms with Gasteiger partial charge in [0.1, 0.15) is 0 Å². The number of halogens is 1. The number of nitrogens with one attached hydrogen (secondary N) is 2. The van der Waals surface area contributed by atoms with E-state index in [1.165, 1.54) is 97.2 Å². The van der Waals surface area contributed by atoms with E-state index in [9.17, 15) is 0 Å². The number of hydrogen-bond acceptors (Lipinski definition) is 4. The molecule has 7 heteroatoms. The highest BCUT2D eigenvalue weighted by molar-refractivity contribution is 14.0. The minimum atomic E-state index is 0. The highest BCUT2D eigenvalue weighted by Crippen LogP contribution is 2.35. The first-order valence-electron chi connectivity index (χ1n) is 12.9. The van der Waals surface area contributed by atoms with E-state index in [0.29, 0.717) is 11.6 Å². The smallest absolute Gasteiger partial charge is 0.191 e. The van der Waals surface area contributed by atoms with E-state index in [1.807, 2.05) is 0 Å². The van der Waals surface area contributed by atoms with Gasteiger partial charge in [-0.1, -0.05) is 32.6 Å². The number of rotatable bonds is 8. The van der Waals surface area contributed by atoms with Crippen LogP contribution in [0.25, 0.3) is 0 Å². The van der Waals surface area contributed by atoms with Crippen molar-refractivity contribution in [1.29, 1.82) is 0 Å². The fourth-order valence-electron chi connectivity index (χ4n) is 5.61. The second-order valence-corrected chi connectivity index (χ2v) is 9.73. The summed E-state index contributed by atoms with van der Waals surface area (Å²) in [6.45, 7) is 18.1. The molecule has 31 heavy (non-hydrogen) atoms. The predicted molar refractivity (Wildman–Crippen MR) is 144 cm³/mol. The molecule has 2 saturated heterocycles. The van der Waals surface area contributed by atoms with E-state index in [4.69, 9.17) is 4.99 Å². The lowest BCUT2D eigenvalue weighted by atomic mass is 9.79. The quantitative estimate of drug-likeness (QED) is 0.277. The maximum Gasteiger partial charge on any atom is 0.191 e. The Morgan fingerprint density at radius 1 is 0.871 bits per heavy atom. The topological polar surface area (TPSA) is 46.1 Å². The zero-order chi connectivity index (χ0) is 21.2. The van der Waals surface area contributed by atoms with Gasteiger partial charge in [-0.25, -0.2) is 0 Å². The Kier molecular flexibility index (Phi) is 12.4. The molecule has 0 aromatic carbocycles. The molecule has 1 unspecified atom stereocenters. The zero-order valence-corrected chi connectivity index (χ0v) is 22.8. The van der Waals surface area contributed by atoms with Gasteiger partial charge in [0.05, 0.1) is 6.54 Å². The van der Waals surface area contributed by atoms with Gasteiger partial charge in [-0.3, -0.25) is 14.8 Å². The molecular weight excluding hydrogens is 499 g/mol. The van der Waals surface area contributed by atoms with Gasteiger partial charge in [0, 0.05) is 50.8 Å². The molecule has 3 rings (SSSR count). The summed E-state index contributed by atoms with van der Waals surface area (Å²) in [4.78, 5) is 13.1. The molecule has 2 heterocycles. The van der Waals surface area contributed by atoms with Crippen molar-refractivity contribution >= 4 is 29.9 Å². The largest absolute Gasteiger partial charge is 0.357 e. The molecule has 2 aliphatic heterocycles. The van der Waals surface area contributed by atoms with Gasteiger partial charge in [-0.05, 0) is 59.2 Å². The SMILES string of the molecule is CCNC(=NCC1(N2CCCCC2)CCCCC1)NCC(C)N1CCN(CC)CC1.I. The predicted octanol–water partition coefficient (Wildman–Crippen LogP) is 3.37. The van der Waals surface area contributed by atoms with Crippen molar-refractivity contribution in [3.8, 4) is 0 Å². The van der Waals surface area contributed by atoms with Crippen molar-refractivity contribution in [2.75, 3.05) is 65.4 Å². The van der Waals surface area contributed by atoms with Crippen LogP contribution in [0.5, 0.6) is 0 Å². The Balaban J connectivity index is 0.00000341. The molecule has 3 aliphatic rings. The number of likely N-dealkylation sites (N-methyl/N-ethyl adjacent to an activating group) is 1.